The number of hydrogen-bond donors (Lipinski definition) is 2. The molecule has 1 aromatic heterocycles. The maximum atomic E-state index is 11.6. The Labute approximate surface area is 142 Å². The van der Waals surface area contributed by atoms with E-state index in [1.807, 2.05) is 12.1 Å². The summed E-state index contributed by atoms with van der Waals surface area (Å²) in [5, 5.41) is 3.80. The van der Waals surface area contributed by atoms with E-state index in [-0.39, 0.29) is 5.63 Å². The molecule has 0 aliphatic carbocycles. The third kappa shape index (κ3) is 5.35. The summed E-state index contributed by atoms with van der Waals surface area (Å²) in [6, 6.07) is 8.74. The Bertz CT molecular complexity index is 828. The van der Waals surface area contributed by atoms with Crippen molar-refractivity contribution >= 4 is 26.7 Å². The van der Waals surface area contributed by atoms with Crippen molar-refractivity contribution in [1.82, 2.24) is 4.72 Å². The topological polar surface area (TPSA) is 88.4 Å². The zero-order chi connectivity index (χ0) is 17.6. The lowest BCUT2D eigenvalue weighted by atomic mass is 10.2. The van der Waals surface area contributed by atoms with E-state index in [4.69, 9.17) is 4.42 Å². The first-order valence-electron chi connectivity index (χ1n) is 8.15. The molecule has 0 atom stereocenters. The highest BCUT2D eigenvalue weighted by Crippen LogP contribution is 2.17. The molecule has 0 fully saturated rings. The van der Waals surface area contributed by atoms with Crippen LogP contribution in [0.25, 0.3) is 11.0 Å². The van der Waals surface area contributed by atoms with Gasteiger partial charge < -0.3 is 9.73 Å². The van der Waals surface area contributed by atoms with Gasteiger partial charge in [-0.1, -0.05) is 6.42 Å². The van der Waals surface area contributed by atoms with Crippen molar-refractivity contribution in [2.45, 2.75) is 38.4 Å². The van der Waals surface area contributed by atoms with Crippen molar-refractivity contribution in [3.63, 3.8) is 0 Å². The molecule has 0 saturated heterocycles. The molecule has 0 spiro atoms. The molecule has 2 aromatic rings. The fourth-order valence-corrected chi connectivity index (χ4v) is 2.98. The van der Waals surface area contributed by atoms with Crippen LogP contribution in [0.5, 0.6) is 0 Å². The molecule has 0 amide bonds. The van der Waals surface area contributed by atoms with Crippen molar-refractivity contribution in [3.8, 4) is 0 Å². The van der Waals surface area contributed by atoms with Gasteiger partial charge in [-0.15, -0.1) is 0 Å². The molecule has 0 aliphatic heterocycles. The molecule has 2 rings (SSSR count). The van der Waals surface area contributed by atoms with Crippen LogP contribution in [0.1, 0.15) is 33.1 Å². The highest BCUT2D eigenvalue weighted by molar-refractivity contribution is 7.90. The first-order valence-corrected chi connectivity index (χ1v) is 9.69. The van der Waals surface area contributed by atoms with Gasteiger partial charge in [-0.2, -0.15) is 0 Å². The van der Waals surface area contributed by atoms with Crippen molar-refractivity contribution in [2.75, 3.05) is 18.4 Å². The molecular weight excluding hydrogens is 328 g/mol. The lowest BCUT2D eigenvalue weighted by molar-refractivity contribution is 0.561. The van der Waals surface area contributed by atoms with Crippen LogP contribution in [0.4, 0.5) is 5.69 Å². The zero-order valence-electron chi connectivity index (χ0n) is 14.0. The van der Waals surface area contributed by atoms with Gasteiger partial charge in [-0.05, 0) is 51.0 Å². The standard InChI is InChI=1S/C17H24N2O4S/c1-13(2)24(21,22)19-11-5-3-4-10-18-15-7-8-16-14(12-15)6-9-17(20)23-16/h6-9,12-13,18-19H,3-5,10-11H2,1-2H3. The second kappa shape index (κ2) is 8.30. The second-order valence-electron chi connectivity index (χ2n) is 5.98. The van der Waals surface area contributed by atoms with Crippen molar-refractivity contribution in [2.24, 2.45) is 0 Å². The van der Waals surface area contributed by atoms with Crippen molar-refractivity contribution < 1.29 is 12.8 Å². The Morgan fingerprint density at radius 1 is 1.04 bits per heavy atom. The molecule has 2 N–H and O–H groups in total. The first-order chi connectivity index (χ1) is 11.4. The van der Waals surface area contributed by atoms with E-state index in [0.717, 1.165) is 36.9 Å². The summed E-state index contributed by atoms with van der Waals surface area (Å²) in [6.45, 7) is 4.62. The largest absolute Gasteiger partial charge is 0.423 e. The number of fused-ring (bicyclic) bond motifs is 1. The Balaban J connectivity index is 1.69. The lowest BCUT2D eigenvalue weighted by Crippen LogP contribution is -2.31. The number of nitrogens with one attached hydrogen (secondary N) is 2. The maximum Gasteiger partial charge on any atom is 0.336 e. The number of sulfonamides is 1. The van der Waals surface area contributed by atoms with E-state index in [2.05, 4.69) is 10.0 Å². The minimum Gasteiger partial charge on any atom is -0.423 e. The SMILES string of the molecule is CC(C)S(=O)(=O)NCCCCCNc1ccc2oc(=O)ccc2c1. The molecule has 7 heteroatoms. The van der Waals surface area contributed by atoms with Gasteiger partial charge in [0.25, 0.3) is 0 Å². The van der Waals surface area contributed by atoms with Gasteiger partial charge in [0, 0.05) is 30.2 Å². The molecule has 1 heterocycles. The third-order valence-corrected chi connectivity index (χ3v) is 5.57. The quantitative estimate of drug-likeness (QED) is 0.535. The molecule has 24 heavy (non-hydrogen) atoms. The Hall–Kier alpha value is -1.86. The van der Waals surface area contributed by atoms with E-state index in [1.54, 1.807) is 26.0 Å². The predicted molar refractivity (Wildman–Crippen MR) is 96.9 cm³/mol. The van der Waals surface area contributed by atoms with Gasteiger partial charge in [-0.3, -0.25) is 0 Å². The average Bonchev–Trinajstić information content (AvgIpc) is 2.53. The molecule has 0 unspecified atom stereocenters. The van der Waals surface area contributed by atoms with Gasteiger partial charge in [-0.25, -0.2) is 17.9 Å². The Morgan fingerprint density at radius 3 is 2.54 bits per heavy atom. The molecular formula is C17H24N2O4S. The van der Waals surface area contributed by atoms with Crippen LogP contribution in [-0.4, -0.2) is 26.8 Å². The number of anilines is 1. The maximum absolute atomic E-state index is 11.6. The number of unbranched alkanes of at least 4 members (excludes halogenated alkanes) is 2. The molecule has 0 bridgehead atoms. The van der Waals surface area contributed by atoms with Crippen LogP contribution in [0.3, 0.4) is 0 Å². The first kappa shape index (κ1) is 18.5. The summed E-state index contributed by atoms with van der Waals surface area (Å²) < 4.78 is 30.9. The highest BCUT2D eigenvalue weighted by atomic mass is 32.2. The molecule has 132 valence electrons. The molecule has 0 radical (unpaired) electrons. The third-order valence-electron chi connectivity index (χ3n) is 3.73. The highest BCUT2D eigenvalue weighted by Gasteiger charge is 2.13. The van der Waals surface area contributed by atoms with Crippen LogP contribution in [0.2, 0.25) is 0 Å². The minimum absolute atomic E-state index is 0.351. The van der Waals surface area contributed by atoms with Gasteiger partial charge >= 0.3 is 5.63 Å². The average molecular weight is 352 g/mol. The van der Waals surface area contributed by atoms with Crippen LogP contribution < -0.4 is 15.7 Å². The van der Waals surface area contributed by atoms with Gasteiger partial charge in [0.15, 0.2) is 0 Å². The molecule has 0 aliphatic rings. The fourth-order valence-electron chi connectivity index (χ4n) is 2.22. The van der Waals surface area contributed by atoms with Crippen molar-refractivity contribution in [3.05, 3.63) is 40.8 Å². The van der Waals surface area contributed by atoms with Crippen molar-refractivity contribution in [1.29, 1.82) is 0 Å². The van der Waals surface area contributed by atoms with E-state index < -0.39 is 15.3 Å². The summed E-state index contributed by atoms with van der Waals surface area (Å²) in [4.78, 5) is 11.1. The second-order valence-corrected chi connectivity index (χ2v) is 8.30. The Kier molecular flexibility index (Phi) is 6.39. The van der Waals surface area contributed by atoms with Crippen LogP contribution >= 0.6 is 0 Å². The van der Waals surface area contributed by atoms with Crippen LogP contribution in [0, 0.1) is 0 Å². The summed E-state index contributed by atoms with van der Waals surface area (Å²) in [5.74, 6) is 0. The van der Waals surface area contributed by atoms with E-state index in [0.29, 0.717) is 12.1 Å². The van der Waals surface area contributed by atoms with E-state index >= 15 is 0 Å². The normalized spacial score (nSPS) is 12.0. The van der Waals surface area contributed by atoms with Gasteiger partial charge in [0.2, 0.25) is 10.0 Å². The number of rotatable bonds is 9. The zero-order valence-corrected chi connectivity index (χ0v) is 14.9. The summed E-state index contributed by atoms with van der Waals surface area (Å²) in [5.41, 5.74) is 1.19. The van der Waals surface area contributed by atoms with Gasteiger partial charge in [0.05, 0.1) is 5.25 Å². The minimum atomic E-state index is -3.15. The number of hydrogen-bond acceptors (Lipinski definition) is 5. The lowest BCUT2D eigenvalue weighted by Gasteiger charge is -2.10. The van der Waals surface area contributed by atoms with Crippen LogP contribution in [0.15, 0.2) is 39.5 Å². The predicted octanol–water partition coefficient (Wildman–Crippen LogP) is 2.70. The smallest absolute Gasteiger partial charge is 0.336 e. The summed E-state index contributed by atoms with van der Waals surface area (Å²) >= 11 is 0. The van der Waals surface area contributed by atoms with Crippen LogP contribution in [-0.2, 0) is 10.0 Å². The Morgan fingerprint density at radius 2 is 1.79 bits per heavy atom. The molecule has 1 aromatic carbocycles. The summed E-state index contributed by atoms with van der Waals surface area (Å²) in [7, 11) is -3.15. The monoisotopic (exact) mass is 352 g/mol. The summed E-state index contributed by atoms with van der Waals surface area (Å²) in [6.07, 6.45) is 2.71. The molecule has 0 saturated carbocycles. The molecule has 6 nitrogen and oxygen atoms in total. The van der Waals surface area contributed by atoms with E-state index in [9.17, 15) is 13.2 Å². The number of benzene rings is 1. The fraction of sp³-hybridized carbons (Fsp3) is 0.471. The van der Waals surface area contributed by atoms with Gasteiger partial charge in [0.1, 0.15) is 5.58 Å². The van der Waals surface area contributed by atoms with E-state index in [1.165, 1.54) is 6.07 Å².